The molecule has 0 bridgehead atoms. The first-order valence-corrected chi connectivity index (χ1v) is 8.33. The molecule has 0 heterocycles. The molecule has 21 heavy (non-hydrogen) atoms. The summed E-state index contributed by atoms with van der Waals surface area (Å²) in [4.78, 5) is -0.0837. The number of sulfonamides is 1. The maximum absolute atomic E-state index is 13.1. The van der Waals surface area contributed by atoms with E-state index in [0.717, 1.165) is 27.7 Å². The number of nitrogens with one attached hydrogen (secondary N) is 1. The largest absolute Gasteiger partial charge is 0.396 e. The first-order valence-electron chi connectivity index (χ1n) is 6.05. The molecule has 2 aromatic carbocycles. The number of nitrogen functional groups attached to an aromatic ring is 1. The van der Waals surface area contributed by atoms with E-state index in [1.54, 1.807) is 12.1 Å². The molecule has 7 heteroatoms. The first-order chi connectivity index (χ1) is 9.70. The summed E-state index contributed by atoms with van der Waals surface area (Å²) in [5.41, 5.74) is 7.46. The van der Waals surface area contributed by atoms with E-state index in [2.05, 4.69) is 20.7 Å². The molecule has 0 unspecified atom stereocenters. The number of anilines is 2. The summed E-state index contributed by atoms with van der Waals surface area (Å²) in [7, 11) is -3.81. The summed E-state index contributed by atoms with van der Waals surface area (Å²) in [6, 6.07) is 6.72. The monoisotopic (exact) mass is 372 g/mol. The molecule has 0 aliphatic rings. The molecule has 0 amide bonds. The standard InChI is InChI=1S/C14H14BrFN2O2S/c1-8-5-10(6-9(2)14(8)15)18-21(19,20)11-3-4-12(16)13(17)7-11/h3-7,18H,17H2,1-2H3. The van der Waals surface area contributed by atoms with Gasteiger partial charge in [-0.1, -0.05) is 15.9 Å². The predicted molar refractivity (Wildman–Crippen MR) is 85.2 cm³/mol. The van der Waals surface area contributed by atoms with Gasteiger partial charge in [0.15, 0.2) is 0 Å². The third-order valence-corrected chi connectivity index (χ3v) is 5.60. The molecule has 0 radical (unpaired) electrons. The van der Waals surface area contributed by atoms with Gasteiger partial charge in [-0.05, 0) is 55.3 Å². The smallest absolute Gasteiger partial charge is 0.261 e. The van der Waals surface area contributed by atoms with Gasteiger partial charge < -0.3 is 5.73 Å². The molecule has 0 aliphatic heterocycles. The number of aryl methyl sites for hydroxylation is 2. The molecule has 2 aromatic rings. The van der Waals surface area contributed by atoms with Crippen LogP contribution in [-0.4, -0.2) is 8.42 Å². The van der Waals surface area contributed by atoms with Crippen molar-refractivity contribution in [1.29, 1.82) is 0 Å². The predicted octanol–water partition coefficient (Wildman–Crippen LogP) is 3.59. The van der Waals surface area contributed by atoms with Crippen molar-refractivity contribution in [1.82, 2.24) is 0 Å². The van der Waals surface area contributed by atoms with Crippen LogP contribution >= 0.6 is 15.9 Å². The van der Waals surface area contributed by atoms with Crippen LogP contribution in [0.4, 0.5) is 15.8 Å². The van der Waals surface area contributed by atoms with Crippen LogP contribution in [0.25, 0.3) is 0 Å². The molecule has 2 rings (SSSR count). The molecule has 0 aliphatic carbocycles. The highest BCUT2D eigenvalue weighted by atomic mass is 79.9. The third kappa shape index (κ3) is 3.36. The zero-order valence-electron chi connectivity index (χ0n) is 11.4. The third-order valence-electron chi connectivity index (χ3n) is 2.97. The fourth-order valence-corrected chi connectivity index (χ4v) is 3.21. The Hall–Kier alpha value is -1.60. The number of halogens is 2. The number of nitrogens with two attached hydrogens (primary N) is 1. The second-order valence-corrected chi connectivity index (χ2v) is 7.19. The van der Waals surface area contributed by atoms with Gasteiger partial charge in [0.2, 0.25) is 0 Å². The lowest BCUT2D eigenvalue weighted by molar-refractivity contribution is 0.600. The van der Waals surface area contributed by atoms with Crippen molar-refractivity contribution in [3.8, 4) is 0 Å². The van der Waals surface area contributed by atoms with Crippen LogP contribution in [-0.2, 0) is 10.0 Å². The molecule has 3 N–H and O–H groups in total. The van der Waals surface area contributed by atoms with Crippen LogP contribution in [0.1, 0.15) is 11.1 Å². The second-order valence-electron chi connectivity index (χ2n) is 4.71. The summed E-state index contributed by atoms with van der Waals surface area (Å²) in [6.07, 6.45) is 0. The van der Waals surface area contributed by atoms with E-state index in [4.69, 9.17) is 5.73 Å². The van der Waals surface area contributed by atoms with E-state index >= 15 is 0 Å². The highest BCUT2D eigenvalue weighted by Gasteiger charge is 2.16. The molecular formula is C14H14BrFN2O2S. The van der Waals surface area contributed by atoms with Gasteiger partial charge in [-0.3, -0.25) is 4.72 Å². The van der Waals surface area contributed by atoms with Gasteiger partial charge in [0.05, 0.1) is 10.6 Å². The number of hydrogen-bond acceptors (Lipinski definition) is 3. The molecule has 4 nitrogen and oxygen atoms in total. The van der Waals surface area contributed by atoms with E-state index < -0.39 is 15.8 Å². The Morgan fingerprint density at radius 1 is 1.14 bits per heavy atom. The average Bonchev–Trinajstić information content (AvgIpc) is 2.38. The Morgan fingerprint density at radius 2 is 1.71 bits per heavy atom. The van der Waals surface area contributed by atoms with Gasteiger partial charge >= 0.3 is 0 Å². The van der Waals surface area contributed by atoms with Crippen LogP contribution in [0.15, 0.2) is 39.7 Å². The highest BCUT2D eigenvalue weighted by Crippen LogP contribution is 2.27. The van der Waals surface area contributed by atoms with Gasteiger partial charge in [-0.25, -0.2) is 12.8 Å². The van der Waals surface area contributed by atoms with Gasteiger partial charge in [-0.2, -0.15) is 0 Å². The minimum absolute atomic E-state index is 0.0837. The Kier molecular flexibility index (Phi) is 4.25. The van der Waals surface area contributed by atoms with Gasteiger partial charge in [-0.15, -0.1) is 0 Å². The zero-order valence-corrected chi connectivity index (χ0v) is 13.8. The summed E-state index contributed by atoms with van der Waals surface area (Å²) >= 11 is 3.42. The normalized spacial score (nSPS) is 11.4. The molecule has 0 fully saturated rings. The first kappa shape index (κ1) is 15.8. The van der Waals surface area contributed by atoms with E-state index in [1.165, 1.54) is 6.07 Å². The average molecular weight is 373 g/mol. The van der Waals surface area contributed by atoms with Crippen LogP contribution in [0.3, 0.4) is 0 Å². The van der Waals surface area contributed by atoms with Crippen molar-refractivity contribution in [2.75, 3.05) is 10.5 Å². The minimum Gasteiger partial charge on any atom is -0.396 e. The number of rotatable bonds is 3. The summed E-state index contributed by atoms with van der Waals surface area (Å²) in [5, 5.41) is 0. The Morgan fingerprint density at radius 3 is 2.24 bits per heavy atom. The molecular weight excluding hydrogens is 359 g/mol. The molecule has 0 atom stereocenters. The van der Waals surface area contributed by atoms with E-state index in [9.17, 15) is 12.8 Å². The van der Waals surface area contributed by atoms with Crippen molar-refractivity contribution < 1.29 is 12.8 Å². The summed E-state index contributed by atoms with van der Waals surface area (Å²) in [5.74, 6) is -0.649. The zero-order chi connectivity index (χ0) is 15.8. The Labute approximate surface area is 131 Å². The Balaban J connectivity index is 2.39. The van der Waals surface area contributed by atoms with Crippen molar-refractivity contribution >= 4 is 37.3 Å². The SMILES string of the molecule is Cc1cc(NS(=O)(=O)c2ccc(F)c(N)c2)cc(C)c1Br. The molecule has 0 saturated carbocycles. The second kappa shape index (κ2) is 5.65. The maximum Gasteiger partial charge on any atom is 0.261 e. The lowest BCUT2D eigenvalue weighted by Crippen LogP contribution is -2.13. The Bertz CT molecular complexity index is 784. The maximum atomic E-state index is 13.1. The number of hydrogen-bond donors (Lipinski definition) is 2. The minimum atomic E-state index is -3.81. The highest BCUT2D eigenvalue weighted by molar-refractivity contribution is 9.10. The molecule has 0 spiro atoms. The molecule has 112 valence electrons. The van der Waals surface area contributed by atoms with Crippen LogP contribution < -0.4 is 10.5 Å². The molecule has 0 aromatic heterocycles. The number of benzene rings is 2. The van der Waals surface area contributed by atoms with Crippen molar-refractivity contribution in [2.45, 2.75) is 18.7 Å². The van der Waals surface area contributed by atoms with E-state index in [-0.39, 0.29) is 10.6 Å². The summed E-state index contributed by atoms with van der Waals surface area (Å²) < 4.78 is 41.1. The van der Waals surface area contributed by atoms with Crippen molar-refractivity contribution in [2.24, 2.45) is 0 Å². The summed E-state index contributed by atoms with van der Waals surface area (Å²) in [6.45, 7) is 3.73. The quantitative estimate of drug-likeness (QED) is 0.808. The lowest BCUT2D eigenvalue weighted by atomic mass is 10.1. The fraction of sp³-hybridized carbons (Fsp3) is 0.143. The van der Waals surface area contributed by atoms with Crippen LogP contribution in [0.5, 0.6) is 0 Å². The van der Waals surface area contributed by atoms with Crippen LogP contribution in [0.2, 0.25) is 0 Å². The fourth-order valence-electron chi connectivity index (χ4n) is 1.91. The van der Waals surface area contributed by atoms with Gasteiger partial charge in [0.1, 0.15) is 5.82 Å². The van der Waals surface area contributed by atoms with Crippen molar-refractivity contribution in [3.05, 3.63) is 51.7 Å². The topological polar surface area (TPSA) is 72.2 Å². The van der Waals surface area contributed by atoms with E-state index in [0.29, 0.717) is 5.69 Å². The van der Waals surface area contributed by atoms with Gasteiger partial charge in [0, 0.05) is 10.2 Å². The van der Waals surface area contributed by atoms with Crippen molar-refractivity contribution in [3.63, 3.8) is 0 Å². The van der Waals surface area contributed by atoms with E-state index in [1.807, 2.05) is 13.8 Å². The molecule has 0 saturated heterocycles. The van der Waals surface area contributed by atoms with Gasteiger partial charge in [0.25, 0.3) is 10.0 Å². The lowest BCUT2D eigenvalue weighted by Gasteiger charge is -2.12. The van der Waals surface area contributed by atoms with Crippen LogP contribution in [0, 0.1) is 19.7 Å².